The zero-order valence-corrected chi connectivity index (χ0v) is 35.6. The highest BCUT2D eigenvalue weighted by molar-refractivity contribution is 9.10. The normalized spacial score (nSPS) is 15.7. The average molecular weight is 1210 g/mol. The Kier molecular flexibility index (Phi) is 18.0. The van der Waals surface area contributed by atoms with Gasteiger partial charge in [0.1, 0.15) is 22.4 Å². The van der Waals surface area contributed by atoms with Crippen LogP contribution in [-0.2, 0) is 16.1 Å². The van der Waals surface area contributed by atoms with E-state index in [0.717, 1.165) is 13.8 Å². The number of carbonyl (C=O) groups excluding carboxylic acids is 1. The first-order valence-electron chi connectivity index (χ1n) is 17.8. The van der Waals surface area contributed by atoms with Gasteiger partial charge in [-0.3, -0.25) is 4.79 Å². The summed E-state index contributed by atoms with van der Waals surface area (Å²) < 4.78 is 474. The number of ether oxygens (including phenoxy) is 3. The van der Waals surface area contributed by atoms with Crippen molar-refractivity contribution in [3.8, 4) is 11.5 Å². The smallest absolute Gasteiger partial charge is 0.460 e. The molecule has 39 heteroatoms. The van der Waals surface area contributed by atoms with Gasteiger partial charge in [-0.15, -0.1) is 0 Å². The van der Waals surface area contributed by atoms with Crippen LogP contribution in [0.15, 0.2) is 18.2 Å². The third-order valence-corrected chi connectivity index (χ3v) is 9.50. The van der Waals surface area contributed by atoms with Gasteiger partial charge in [0.25, 0.3) is 0 Å². The van der Waals surface area contributed by atoms with Crippen molar-refractivity contribution in [1.82, 2.24) is 0 Å². The molecular weight excluding hydrogens is 1190 g/mol. The van der Waals surface area contributed by atoms with Crippen LogP contribution in [0.4, 0.5) is 149 Å². The number of halogens is 35. The summed E-state index contributed by atoms with van der Waals surface area (Å²) in [5.74, 6) is -121. The largest absolute Gasteiger partial charge is 0.493 e. The van der Waals surface area contributed by atoms with E-state index < -0.39 is 168 Å². The molecule has 1 rings (SSSR count). The van der Waals surface area contributed by atoms with E-state index in [9.17, 15) is 154 Å². The molecular formula is C33H23BrF34O4. The van der Waals surface area contributed by atoms with Crippen LogP contribution in [0.5, 0.6) is 11.5 Å². The lowest BCUT2D eigenvalue weighted by molar-refractivity contribution is -0.461. The lowest BCUT2D eigenvalue weighted by atomic mass is 9.88. The minimum atomic E-state index is -8.93. The van der Waals surface area contributed by atoms with Crippen molar-refractivity contribution in [2.75, 3.05) is 13.2 Å². The number of carbonyl (C=O) groups is 1. The van der Waals surface area contributed by atoms with Crippen LogP contribution in [0.1, 0.15) is 45.1 Å². The van der Waals surface area contributed by atoms with Gasteiger partial charge in [0.05, 0.1) is 13.2 Å². The molecule has 0 saturated heterocycles. The third-order valence-electron chi connectivity index (χ3n) is 9.18. The van der Waals surface area contributed by atoms with E-state index >= 15 is 0 Å². The first kappa shape index (κ1) is 66.4. The molecule has 72 heavy (non-hydrogen) atoms. The SMILES string of the molecule is CC(C)(Br)C(=O)OCc1cc(OCCCC(F)(F)C(F)(F)C(F)(F)C(F)(F)C(F)(F)C(F)(F)C(F)(F)C(F)(F)F)cc(OCCCC(F)(F)C(F)(F)C(F)(F)C(F)(F)C(F)(F)C(F)(F)C(F)(F)C(F)(F)F)c1. The molecule has 0 aliphatic rings. The first-order chi connectivity index (χ1) is 31.2. The molecule has 0 unspecified atom stereocenters. The van der Waals surface area contributed by atoms with Crippen LogP contribution in [-0.4, -0.2) is 119 Å². The molecule has 0 radical (unpaired) electrons. The van der Waals surface area contributed by atoms with Crippen molar-refractivity contribution in [2.45, 2.75) is 146 Å². The van der Waals surface area contributed by atoms with E-state index in [4.69, 9.17) is 14.2 Å². The summed E-state index contributed by atoms with van der Waals surface area (Å²) >= 11 is 2.79. The van der Waals surface area contributed by atoms with Crippen LogP contribution < -0.4 is 9.47 Å². The highest BCUT2D eigenvalue weighted by atomic mass is 79.9. The highest BCUT2D eigenvalue weighted by Gasteiger charge is 2.97. The fourth-order valence-electron chi connectivity index (χ4n) is 4.88. The number of esters is 1. The van der Waals surface area contributed by atoms with E-state index in [1.807, 2.05) is 0 Å². The summed E-state index contributed by atoms with van der Waals surface area (Å²) in [6, 6.07) is 1.44. The maximum atomic E-state index is 14.3. The van der Waals surface area contributed by atoms with Gasteiger partial charge in [0.15, 0.2) is 0 Å². The molecule has 0 N–H and O–H groups in total. The molecule has 0 heterocycles. The fourth-order valence-corrected chi connectivity index (χ4v) is 4.99. The molecule has 0 amide bonds. The predicted molar refractivity (Wildman–Crippen MR) is 170 cm³/mol. The van der Waals surface area contributed by atoms with Crippen LogP contribution >= 0.6 is 15.9 Å². The number of benzene rings is 1. The van der Waals surface area contributed by atoms with Crippen molar-refractivity contribution in [2.24, 2.45) is 0 Å². The molecule has 0 aliphatic heterocycles. The summed E-state index contributed by atoms with van der Waals surface area (Å²) in [4.78, 5) is 12.1. The van der Waals surface area contributed by atoms with Crippen molar-refractivity contribution < 1.29 is 168 Å². The number of alkyl halides is 35. The van der Waals surface area contributed by atoms with Crippen LogP contribution in [0, 0.1) is 0 Å². The van der Waals surface area contributed by atoms with E-state index in [1.54, 1.807) is 0 Å². The Morgan fingerprint density at radius 1 is 0.389 bits per heavy atom. The maximum absolute atomic E-state index is 14.3. The van der Waals surface area contributed by atoms with Gasteiger partial charge in [-0.25, -0.2) is 0 Å². The topological polar surface area (TPSA) is 44.8 Å². The molecule has 4 nitrogen and oxygen atoms in total. The molecule has 0 spiro atoms. The molecule has 0 bridgehead atoms. The van der Waals surface area contributed by atoms with E-state index in [1.165, 1.54) is 0 Å². The Bertz CT molecular complexity index is 1910. The van der Waals surface area contributed by atoms with Gasteiger partial charge in [-0.1, -0.05) is 15.9 Å². The Morgan fingerprint density at radius 3 is 0.861 bits per heavy atom. The second kappa shape index (κ2) is 19.5. The minimum Gasteiger partial charge on any atom is -0.493 e. The minimum absolute atomic E-state index is 0.320. The van der Waals surface area contributed by atoms with Crippen LogP contribution in [0.2, 0.25) is 0 Å². The van der Waals surface area contributed by atoms with Gasteiger partial charge in [0.2, 0.25) is 0 Å². The fraction of sp³-hybridized carbons (Fsp3) is 0.788. The summed E-state index contributed by atoms with van der Waals surface area (Å²) in [5, 5.41) is 0. The molecule has 1 aromatic rings. The molecule has 0 fully saturated rings. The second-order valence-electron chi connectivity index (χ2n) is 15.1. The molecule has 1 aromatic carbocycles. The monoisotopic (exact) mass is 1210 g/mol. The van der Waals surface area contributed by atoms with Gasteiger partial charge in [0, 0.05) is 18.9 Å². The lowest BCUT2D eigenvalue weighted by Gasteiger charge is -2.42. The Morgan fingerprint density at radius 2 is 0.625 bits per heavy atom. The summed E-state index contributed by atoms with van der Waals surface area (Å²) in [6.07, 6.45) is -26.0. The van der Waals surface area contributed by atoms with E-state index in [2.05, 4.69) is 15.9 Å². The quantitative estimate of drug-likeness (QED) is 0.0424. The zero-order chi connectivity index (χ0) is 58.0. The molecule has 424 valence electrons. The lowest BCUT2D eigenvalue weighted by Crippen LogP contribution is -2.74. The average Bonchev–Trinajstić information content (AvgIpc) is 3.18. The Balaban J connectivity index is 3.45. The molecule has 0 aromatic heterocycles. The van der Waals surface area contributed by atoms with Crippen molar-refractivity contribution >= 4 is 21.9 Å². The maximum Gasteiger partial charge on any atom is 0.460 e. The summed E-state index contributed by atoms with van der Waals surface area (Å²) in [6.45, 7) is -2.15. The number of hydrogen-bond donors (Lipinski definition) is 0. The third kappa shape index (κ3) is 10.9. The number of hydrogen-bond acceptors (Lipinski definition) is 4. The second-order valence-corrected chi connectivity index (χ2v) is 17.0. The standard InChI is InChI=1S/C33H23BrF34O4/c1-17(2,34)16(69)72-12-13-9-14(70-7-3-5-18(35,36)20(39,40)22(43,44)24(47,48)26(51,52)28(55,56)30(59,60)32(63,64)65)11-15(10-13)71-8-4-6-19(37,38)21(41,42)23(45,46)25(49,50)27(53,54)29(57,58)31(61,62)33(66,67)68/h9-11H,3-8,12H2,1-2H3. The first-order valence-corrected chi connectivity index (χ1v) is 18.6. The van der Waals surface area contributed by atoms with E-state index in [-0.39, 0.29) is 0 Å². The van der Waals surface area contributed by atoms with Crippen LogP contribution in [0.25, 0.3) is 0 Å². The molecule has 0 saturated carbocycles. The summed E-state index contributed by atoms with van der Waals surface area (Å²) in [5.41, 5.74) is -0.562. The Hall–Kier alpha value is -3.61. The number of rotatable bonds is 25. The van der Waals surface area contributed by atoms with Gasteiger partial charge < -0.3 is 14.2 Å². The Labute approximate surface area is 384 Å². The van der Waals surface area contributed by atoms with Gasteiger partial charge in [-0.2, -0.15) is 149 Å². The molecule has 0 aliphatic carbocycles. The van der Waals surface area contributed by atoms with Crippen molar-refractivity contribution in [3.05, 3.63) is 23.8 Å². The van der Waals surface area contributed by atoms with Crippen molar-refractivity contribution in [3.63, 3.8) is 0 Å². The van der Waals surface area contributed by atoms with Gasteiger partial charge >= 0.3 is 101 Å². The summed E-state index contributed by atoms with van der Waals surface area (Å²) in [7, 11) is 0. The van der Waals surface area contributed by atoms with Crippen molar-refractivity contribution in [1.29, 1.82) is 0 Å². The van der Waals surface area contributed by atoms with E-state index in [0.29, 0.717) is 18.2 Å². The predicted octanol–water partition coefficient (Wildman–Crippen LogP) is 15.2. The molecule has 0 atom stereocenters. The zero-order valence-electron chi connectivity index (χ0n) is 34.0. The van der Waals surface area contributed by atoms with Gasteiger partial charge in [-0.05, 0) is 44.4 Å². The highest BCUT2D eigenvalue weighted by Crippen LogP contribution is 2.66. The van der Waals surface area contributed by atoms with Crippen LogP contribution in [0.3, 0.4) is 0 Å².